The molecule has 22 heavy (non-hydrogen) atoms. The van der Waals surface area contributed by atoms with Crippen molar-refractivity contribution in [2.75, 3.05) is 13.2 Å². The van der Waals surface area contributed by atoms with Gasteiger partial charge in [-0.3, -0.25) is 4.57 Å². The first-order valence-electron chi connectivity index (χ1n) is 7.40. The number of nitrogens with zero attached hydrogens (tertiary/aromatic N) is 2. The predicted octanol–water partition coefficient (Wildman–Crippen LogP) is 2.64. The van der Waals surface area contributed by atoms with Gasteiger partial charge in [-0.05, 0) is 30.5 Å². The second-order valence-corrected chi connectivity index (χ2v) is 5.05. The highest BCUT2D eigenvalue weighted by atomic mass is 16.5. The Balaban J connectivity index is 1.45. The Morgan fingerprint density at radius 1 is 1.09 bits per heavy atom. The number of oxazole rings is 1. The normalized spacial score (nSPS) is 11.1. The second kappa shape index (κ2) is 7.04. The molecule has 0 bridgehead atoms. The molecule has 3 aromatic rings. The summed E-state index contributed by atoms with van der Waals surface area (Å²) in [5.41, 5.74) is 2.39. The fourth-order valence-corrected chi connectivity index (χ4v) is 2.36. The third-order valence-electron chi connectivity index (χ3n) is 3.47. The Morgan fingerprint density at radius 2 is 1.95 bits per heavy atom. The topological polar surface area (TPSA) is 57.3 Å². The number of aromatic nitrogens is 2. The summed E-state index contributed by atoms with van der Waals surface area (Å²) in [5.74, 6) is -0.363. The molecular formula is C17H18N2O3. The van der Waals surface area contributed by atoms with E-state index >= 15 is 0 Å². The molecule has 0 spiro atoms. The lowest BCUT2D eigenvalue weighted by Crippen LogP contribution is -2.16. The second-order valence-electron chi connectivity index (χ2n) is 5.05. The van der Waals surface area contributed by atoms with E-state index < -0.39 is 0 Å². The van der Waals surface area contributed by atoms with E-state index in [2.05, 4.69) is 17.1 Å². The van der Waals surface area contributed by atoms with Crippen molar-refractivity contribution in [2.24, 2.45) is 0 Å². The number of fused-ring (bicyclic) bond motifs is 1. The number of rotatable bonds is 7. The molecule has 0 aliphatic heterocycles. The van der Waals surface area contributed by atoms with E-state index in [0.29, 0.717) is 31.0 Å². The molecule has 0 saturated heterocycles. The van der Waals surface area contributed by atoms with Gasteiger partial charge in [-0.2, -0.15) is 0 Å². The minimum atomic E-state index is -0.363. The van der Waals surface area contributed by atoms with Crippen molar-refractivity contribution >= 4 is 11.2 Å². The summed E-state index contributed by atoms with van der Waals surface area (Å²) in [4.78, 5) is 15.9. The largest absolute Gasteiger partial charge is 0.421 e. The molecule has 0 fully saturated rings. The van der Waals surface area contributed by atoms with E-state index in [4.69, 9.17) is 9.15 Å². The van der Waals surface area contributed by atoms with Crippen LogP contribution in [0.25, 0.3) is 11.2 Å². The van der Waals surface area contributed by atoms with E-state index in [1.807, 2.05) is 18.2 Å². The van der Waals surface area contributed by atoms with Crippen molar-refractivity contribution in [1.29, 1.82) is 0 Å². The molecule has 5 heteroatoms. The van der Waals surface area contributed by atoms with Gasteiger partial charge in [-0.15, -0.1) is 0 Å². The zero-order valence-corrected chi connectivity index (χ0v) is 12.3. The molecule has 0 aliphatic rings. The van der Waals surface area contributed by atoms with E-state index in [0.717, 1.165) is 12.8 Å². The molecule has 1 aromatic carbocycles. The number of pyridine rings is 1. The number of benzene rings is 1. The van der Waals surface area contributed by atoms with Crippen molar-refractivity contribution in [3.8, 4) is 0 Å². The van der Waals surface area contributed by atoms with Crippen LogP contribution in [0.3, 0.4) is 0 Å². The van der Waals surface area contributed by atoms with Crippen molar-refractivity contribution in [2.45, 2.75) is 19.4 Å². The van der Waals surface area contributed by atoms with Crippen molar-refractivity contribution in [3.63, 3.8) is 0 Å². The summed E-state index contributed by atoms with van der Waals surface area (Å²) in [7, 11) is 0. The van der Waals surface area contributed by atoms with Gasteiger partial charge < -0.3 is 9.15 Å². The molecule has 0 N–H and O–H groups in total. The highest BCUT2D eigenvalue weighted by Gasteiger charge is 2.08. The molecule has 0 aliphatic carbocycles. The molecule has 5 nitrogen and oxygen atoms in total. The van der Waals surface area contributed by atoms with Crippen LogP contribution in [0, 0.1) is 0 Å². The Labute approximate surface area is 128 Å². The van der Waals surface area contributed by atoms with Gasteiger partial charge in [0.1, 0.15) is 0 Å². The van der Waals surface area contributed by atoms with Crippen molar-refractivity contribution in [3.05, 3.63) is 64.8 Å². The van der Waals surface area contributed by atoms with Crippen molar-refractivity contribution in [1.82, 2.24) is 9.55 Å². The van der Waals surface area contributed by atoms with Crippen LogP contribution < -0.4 is 5.76 Å². The lowest BCUT2D eigenvalue weighted by atomic mass is 10.2. The fourth-order valence-electron chi connectivity index (χ4n) is 2.36. The average Bonchev–Trinajstić information content (AvgIpc) is 2.87. The maximum Gasteiger partial charge on any atom is 0.421 e. The third-order valence-corrected chi connectivity index (χ3v) is 3.47. The number of hydrogen-bond acceptors (Lipinski definition) is 4. The van der Waals surface area contributed by atoms with Gasteiger partial charge in [-0.1, -0.05) is 30.3 Å². The van der Waals surface area contributed by atoms with Crippen molar-refractivity contribution < 1.29 is 9.15 Å². The van der Waals surface area contributed by atoms with E-state index in [-0.39, 0.29) is 5.76 Å². The van der Waals surface area contributed by atoms with Crippen LogP contribution in [-0.4, -0.2) is 22.8 Å². The van der Waals surface area contributed by atoms with E-state index in [1.54, 1.807) is 22.9 Å². The van der Waals surface area contributed by atoms with Crippen LogP contribution in [-0.2, 0) is 17.7 Å². The molecule has 114 valence electrons. The zero-order chi connectivity index (χ0) is 15.2. The van der Waals surface area contributed by atoms with Gasteiger partial charge >= 0.3 is 5.76 Å². The average molecular weight is 298 g/mol. The Hall–Kier alpha value is -2.40. The van der Waals surface area contributed by atoms with Gasteiger partial charge in [0, 0.05) is 19.3 Å². The molecule has 0 amide bonds. The van der Waals surface area contributed by atoms with E-state index in [1.165, 1.54) is 5.56 Å². The van der Waals surface area contributed by atoms with Crippen LogP contribution in [0.2, 0.25) is 0 Å². The number of hydrogen-bond donors (Lipinski definition) is 0. The van der Waals surface area contributed by atoms with Gasteiger partial charge in [0.15, 0.2) is 11.2 Å². The standard InChI is InChI=1S/C17H18N2O3/c20-17-19(16-15(22-17)8-4-10-18-16)11-5-12-21-13-9-14-6-2-1-3-7-14/h1-4,6-8,10H,5,9,11-13H2. The molecule has 2 heterocycles. The quantitative estimate of drug-likeness (QED) is 0.629. The number of aryl methyl sites for hydroxylation is 1. The molecule has 0 saturated carbocycles. The summed E-state index contributed by atoms with van der Waals surface area (Å²) in [6.45, 7) is 1.84. The summed E-state index contributed by atoms with van der Waals surface area (Å²) in [6.07, 6.45) is 3.31. The smallest absolute Gasteiger partial charge is 0.406 e. The Morgan fingerprint density at radius 3 is 2.82 bits per heavy atom. The van der Waals surface area contributed by atoms with Crippen LogP contribution >= 0.6 is 0 Å². The Kier molecular flexibility index (Phi) is 4.65. The van der Waals surface area contributed by atoms with Crippen LogP contribution in [0.15, 0.2) is 57.9 Å². The van der Waals surface area contributed by atoms with Gasteiger partial charge in [0.25, 0.3) is 0 Å². The Bertz CT molecular complexity index is 777. The number of ether oxygens (including phenoxy) is 1. The first-order valence-corrected chi connectivity index (χ1v) is 7.40. The minimum Gasteiger partial charge on any atom is -0.406 e. The predicted molar refractivity (Wildman–Crippen MR) is 83.9 cm³/mol. The summed E-state index contributed by atoms with van der Waals surface area (Å²) < 4.78 is 12.3. The van der Waals surface area contributed by atoms with Gasteiger partial charge in [0.05, 0.1) is 6.61 Å². The fraction of sp³-hybridized carbons (Fsp3) is 0.294. The van der Waals surface area contributed by atoms with Gasteiger partial charge in [0.2, 0.25) is 0 Å². The lowest BCUT2D eigenvalue weighted by Gasteiger charge is -2.05. The van der Waals surface area contributed by atoms with Crippen LogP contribution in [0.1, 0.15) is 12.0 Å². The summed E-state index contributed by atoms with van der Waals surface area (Å²) in [6, 6.07) is 13.7. The highest BCUT2D eigenvalue weighted by molar-refractivity contribution is 5.67. The minimum absolute atomic E-state index is 0.363. The van der Waals surface area contributed by atoms with Crippen LogP contribution in [0.4, 0.5) is 0 Å². The molecule has 0 unspecified atom stereocenters. The molecule has 2 aromatic heterocycles. The lowest BCUT2D eigenvalue weighted by molar-refractivity contribution is 0.131. The first-order chi connectivity index (χ1) is 10.8. The highest BCUT2D eigenvalue weighted by Crippen LogP contribution is 2.09. The molecule has 3 rings (SSSR count). The molecular weight excluding hydrogens is 280 g/mol. The molecule has 0 radical (unpaired) electrons. The maximum atomic E-state index is 11.8. The van der Waals surface area contributed by atoms with Crippen LogP contribution in [0.5, 0.6) is 0 Å². The zero-order valence-electron chi connectivity index (χ0n) is 12.3. The monoisotopic (exact) mass is 298 g/mol. The van der Waals surface area contributed by atoms with E-state index in [9.17, 15) is 4.79 Å². The van der Waals surface area contributed by atoms with Gasteiger partial charge in [-0.25, -0.2) is 9.78 Å². The SMILES string of the molecule is O=c1oc2cccnc2n1CCCOCCc1ccccc1. The third kappa shape index (κ3) is 3.43. The first kappa shape index (κ1) is 14.5. The summed E-state index contributed by atoms with van der Waals surface area (Å²) >= 11 is 0. The molecule has 0 atom stereocenters. The maximum absolute atomic E-state index is 11.8. The summed E-state index contributed by atoms with van der Waals surface area (Å²) in [5, 5.41) is 0.